The number of nitrogens with zero attached hydrogens (tertiary/aromatic N) is 2. The molecule has 0 saturated carbocycles. The number of carbonyl (C=O) groups is 1. The van der Waals surface area contributed by atoms with Gasteiger partial charge in [0, 0.05) is 16.4 Å². The maximum atomic E-state index is 12.6. The molecule has 1 aliphatic heterocycles. The third-order valence-electron chi connectivity index (χ3n) is 4.45. The van der Waals surface area contributed by atoms with Gasteiger partial charge in [-0.25, -0.2) is 4.68 Å². The van der Waals surface area contributed by atoms with Crippen molar-refractivity contribution in [3.8, 4) is 11.4 Å². The van der Waals surface area contributed by atoms with E-state index in [1.165, 1.54) is 0 Å². The number of hydrogen-bond acceptors (Lipinski definition) is 4. The Morgan fingerprint density at radius 3 is 2.59 bits per heavy atom. The number of aromatic nitrogens is 2. The summed E-state index contributed by atoms with van der Waals surface area (Å²) in [5.74, 6) is 2.04. The second-order valence-electron chi connectivity index (χ2n) is 6.32. The van der Waals surface area contributed by atoms with Crippen molar-refractivity contribution in [2.24, 2.45) is 0 Å². The van der Waals surface area contributed by atoms with Crippen LogP contribution in [-0.2, 0) is 33.5 Å². The van der Waals surface area contributed by atoms with Crippen LogP contribution in [0.3, 0.4) is 0 Å². The Balaban J connectivity index is 1.65. The minimum Gasteiger partial charge on any atom is -0.497 e. The molecule has 0 radical (unpaired) electrons. The van der Waals surface area contributed by atoms with Crippen LogP contribution in [0, 0.1) is 0 Å². The molecule has 1 aromatic heterocycles. The fraction of sp³-hybridized carbons (Fsp3) is 0.200. The van der Waals surface area contributed by atoms with Crippen molar-refractivity contribution in [1.82, 2.24) is 9.78 Å². The fourth-order valence-corrected chi connectivity index (χ4v) is 4.39. The van der Waals surface area contributed by atoms with E-state index < -0.39 is 10.8 Å². The maximum absolute atomic E-state index is 12.6. The fourth-order valence-electron chi connectivity index (χ4n) is 3.12. The molecule has 0 unspecified atom stereocenters. The summed E-state index contributed by atoms with van der Waals surface area (Å²) in [6.45, 7) is 0. The van der Waals surface area contributed by atoms with Gasteiger partial charge in [-0.1, -0.05) is 30.3 Å². The Hall–Kier alpha value is -2.93. The Morgan fingerprint density at radius 2 is 1.89 bits per heavy atom. The molecule has 7 heteroatoms. The molecule has 2 heterocycles. The third-order valence-corrected chi connectivity index (χ3v) is 5.66. The van der Waals surface area contributed by atoms with Gasteiger partial charge in [0.2, 0.25) is 5.91 Å². The zero-order valence-corrected chi connectivity index (χ0v) is 15.7. The largest absolute Gasteiger partial charge is 0.497 e. The molecule has 0 bridgehead atoms. The molecule has 1 atom stereocenters. The zero-order valence-electron chi connectivity index (χ0n) is 14.8. The number of anilines is 1. The quantitative estimate of drug-likeness (QED) is 0.738. The van der Waals surface area contributed by atoms with E-state index in [1.54, 1.807) is 11.8 Å². The van der Waals surface area contributed by atoms with E-state index in [-0.39, 0.29) is 12.3 Å². The summed E-state index contributed by atoms with van der Waals surface area (Å²) < 4.78 is 18.9. The highest BCUT2D eigenvalue weighted by molar-refractivity contribution is 7.83. The lowest BCUT2D eigenvalue weighted by Crippen LogP contribution is -2.18. The first-order valence-corrected chi connectivity index (χ1v) is 10.1. The Labute approximate surface area is 159 Å². The van der Waals surface area contributed by atoms with E-state index in [9.17, 15) is 9.00 Å². The Morgan fingerprint density at radius 1 is 1.15 bits per heavy atom. The van der Waals surface area contributed by atoms with Gasteiger partial charge in [-0.3, -0.25) is 9.00 Å². The van der Waals surface area contributed by atoms with Crippen molar-refractivity contribution in [3.05, 3.63) is 71.4 Å². The van der Waals surface area contributed by atoms with Crippen molar-refractivity contribution in [2.45, 2.75) is 17.9 Å². The van der Waals surface area contributed by atoms with Gasteiger partial charge in [0.15, 0.2) is 0 Å². The molecule has 4 rings (SSSR count). The van der Waals surface area contributed by atoms with Gasteiger partial charge in [0.1, 0.15) is 11.6 Å². The summed E-state index contributed by atoms with van der Waals surface area (Å²) >= 11 is 0. The average molecular weight is 381 g/mol. The van der Waals surface area contributed by atoms with Crippen molar-refractivity contribution < 1.29 is 13.7 Å². The smallest absolute Gasteiger partial charge is 0.229 e. The van der Waals surface area contributed by atoms with Gasteiger partial charge in [-0.15, -0.1) is 0 Å². The number of fused-ring (bicyclic) bond motifs is 1. The number of methoxy groups -OCH3 is 1. The molecular weight excluding hydrogens is 362 g/mol. The number of nitrogens with one attached hydrogen (secondary N) is 1. The van der Waals surface area contributed by atoms with Gasteiger partial charge in [-0.2, -0.15) is 5.10 Å². The molecule has 138 valence electrons. The number of rotatable bonds is 5. The first kappa shape index (κ1) is 17.5. The van der Waals surface area contributed by atoms with Crippen LogP contribution in [0.25, 0.3) is 5.69 Å². The lowest BCUT2D eigenvalue weighted by molar-refractivity contribution is -0.115. The summed E-state index contributed by atoms with van der Waals surface area (Å²) in [5.41, 5.74) is 3.38. The van der Waals surface area contributed by atoms with Crippen LogP contribution in [0.1, 0.15) is 16.8 Å². The van der Waals surface area contributed by atoms with Crippen molar-refractivity contribution in [1.29, 1.82) is 0 Å². The first-order chi connectivity index (χ1) is 13.1. The van der Waals surface area contributed by atoms with Crippen LogP contribution >= 0.6 is 0 Å². The van der Waals surface area contributed by atoms with Crippen LogP contribution in [0.4, 0.5) is 5.82 Å². The lowest BCUT2D eigenvalue weighted by atomic mass is 10.1. The molecule has 27 heavy (non-hydrogen) atoms. The highest BCUT2D eigenvalue weighted by atomic mass is 32.2. The normalized spacial score (nSPS) is 15.4. The Bertz CT molecular complexity index is 997. The summed E-state index contributed by atoms with van der Waals surface area (Å²) in [7, 11) is 0.645. The molecule has 0 aliphatic carbocycles. The molecule has 2 aromatic carbocycles. The average Bonchev–Trinajstić information content (AvgIpc) is 3.20. The second-order valence-corrected chi connectivity index (χ2v) is 7.78. The minimum atomic E-state index is -0.968. The van der Waals surface area contributed by atoms with Gasteiger partial charge >= 0.3 is 0 Å². The molecule has 0 spiro atoms. The zero-order chi connectivity index (χ0) is 18.8. The molecule has 6 nitrogen and oxygen atoms in total. The molecular formula is C20H19N3O3S. The predicted molar refractivity (Wildman–Crippen MR) is 104 cm³/mol. The Kier molecular flexibility index (Phi) is 4.77. The van der Waals surface area contributed by atoms with Crippen LogP contribution in [-0.4, -0.2) is 27.0 Å². The van der Waals surface area contributed by atoms with E-state index in [0.717, 1.165) is 28.3 Å². The molecule has 0 saturated heterocycles. The number of benzene rings is 2. The van der Waals surface area contributed by atoms with E-state index in [1.807, 2.05) is 54.6 Å². The molecule has 1 aliphatic rings. The van der Waals surface area contributed by atoms with E-state index in [0.29, 0.717) is 17.3 Å². The van der Waals surface area contributed by atoms with Crippen LogP contribution < -0.4 is 10.1 Å². The number of amides is 1. The SMILES string of the molecule is COc1ccc(-n2nc3c(c2NC(=O)Cc2ccccc2)C[S@](=O)C3)cc1. The van der Waals surface area contributed by atoms with Gasteiger partial charge in [0.05, 0.1) is 36.4 Å². The first-order valence-electron chi connectivity index (χ1n) is 8.58. The summed E-state index contributed by atoms with van der Waals surface area (Å²) in [6, 6.07) is 17.0. The molecule has 1 amide bonds. The summed E-state index contributed by atoms with van der Waals surface area (Å²) in [6.07, 6.45) is 0.270. The lowest BCUT2D eigenvalue weighted by Gasteiger charge is -2.11. The van der Waals surface area contributed by atoms with Crippen LogP contribution in [0.15, 0.2) is 54.6 Å². The van der Waals surface area contributed by atoms with E-state index in [2.05, 4.69) is 10.4 Å². The highest BCUT2D eigenvalue weighted by Crippen LogP contribution is 2.31. The topological polar surface area (TPSA) is 73.2 Å². The second kappa shape index (κ2) is 7.36. The summed E-state index contributed by atoms with van der Waals surface area (Å²) in [5, 5.41) is 7.58. The van der Waals surface area contributed by atoms with E-state index in [4.69, 9.17) is 4.74 Å². The maximum Gasteiger partial charge on any atom is 0.229 e. The van der Waals surface area contributed by atoms with Gasteiger partial charge < -0.3 is 10.1 Å². The number of ether oxygens (including phenoxy) is 1. The predicted octanol–water partition coefficient (Wildman–Crippen LogP) is 2.82. The monoisotopic (exact) mass is 381 g/mol. The third kappa shape index (κ3) is 3.64. The molecule has 0 fully saturated rings. The number of hydrogen-bond donors (Lipinski definition) is 1. The van der Waals surface area contributed by atoms with Gasteiger partial charge in [-0.05, 0) is 29.8 Å². The standard InChI is InChI=1S/C20H19N3O3S/c1-26-16-9-7-15(8-10-16)23-20(17-12-27(25)13-18(17)22-23)21-19(24)11-14-5-3-2-4-6-14/h2-10H,11-13H2,1H3,(H,21,24)/t27-/m0/s1. The van der Waals surface area contributed by atoms with Gasteiger partial charge in [0.25, 0.3) is 0 Å². The van der Waals surface area contributed by atoms with Crippen molar-refractivity contribution in [3.63, 3.8) is 0 Å². The molecule has 3 aromatic rings. The number of carbonyl (C=O) groups excluding carboxylic acids is 1. The van der Waals surface area contributed by atoms with Crippen LogP contribution in [0.2, 0.25) is 0 Å². The van der Waals surface area contributed by atoms with Crippen molar-refractivity contribution >= 4 is 22.5 Å². The van der Waals surface area contributed by atoms with Crippen LogP contribution in [0.5, 0.6) is 5.75 Å². The minimum absolute atomic E-state index is 0.128. The highest BCUT2D eigenvalue weighted by Gasteiger charge is 2.28. The summed E-state index contributed by atoms with van der Waals surface area (Å²) in [4.78, 5) is 12.6. The molecule has 1 N–H and O–H groups in total. The van der Waals surface area contributed by atoms with Crippen molar-refractivity contribution in [2.75, 3.05) is 12.4 Å². The van der Waals surface area contributed by atoms with E-state index >= 15 is 0 Å².